The second-order valence-corrected chi connectivity index (χ2v) is 8.15. The molecule has 0 amide bonds. The molecule has 0 N–H and O–H groups in total. The fourth-order valence-corrected chi connectivity index (χ4v) is 4.57. The Hall–Kier alpha value is -3.19. The summed E-state index contributed by atoms with van der Waals surface area (Å²) in [5, 5.41) is 0. The fraction of sp³-hybridized carbons (Fsp3) is 0.227. The van der Waals surface area contributed by atoms with E-state index in [9.17, 15) is 9.59 Å². The molecule has 29 heavy (non-hydrogen) atoms. The number of ketones is 1. The zero-order valence-corrected chi connectivity index (χ0v) is 17.5. The fourth-order valence-electron chi connectivity index (χ4n) is 3.54. The number of allylic oxidation sites excluding steroid dienone is 2. The maximum Gasteiger partial charge on any atom is 0.271 e. The maximum absolute atomic E-state index is 13.3. The standard InChI is InChI=1S/C22H21N3O3S/c1-13-19(14(2)26)20(15-7-9-16(10-8-15)24(3)4)25-21(27)18(29-22(25)23-13)12-17-6-5-11-28-17/h5-12,20H,1-4H3/b18-12+/t20-/m1/s1. The van der Waals surface area contributed by atoms with E-state index in [1.165, 1.54) is 18.3 Å². The Labute approximate surface area is 171 Å². The number of thiazole rings is 1. The average Bonchev–Trinajstić information content (AvgIpc) is 3.29. The zero-order valence-electron chi connectivity index (χ0n) is 16.7. The van der Waals surface area contributed by atoms with Gasteiger partial charge in [0.25, 0.3) is 5.56 Å². The Kier molecular flexibility index (Phi) is 4.84. The molecule has 0 saturated heterocycles. The Balaban J connectivity index is 1.95. The highest BCUT2D eigenvalue weighted by atomic mass is 32.1. The normalized spacial score (nSPS) is 16.6. The number of anilines is 1. The van der Waals surface area contributed by atoms with Gasteiger partial charge >= 0.3 is 0 Å². The van der Waals surface area contributed by atoms with E-state index in [0.29, 0.717) is 26.4 Å². The van der Waals surface area contributed by atoms with Crippen molar-refractivity contribution in [3.63, 3.8) is 0 Å². The predicted octanol–water partition coefficient (Wildman–Crippen LogP) is 2.48. The maximum atomic E-state index is 13.3. The first kappa shape index (κ1) is 19.1. The van der Waals surface area contributed by atoms with Crippen LogP contribution >= 0.6 is 11.3 Å². The Morgan fingerprint density at radius 3 is 2.55 bits per heavy atom. The quantitative estimate of drug-likeness (QED) is 0.666. The number of hydrogen-bond acceptors (Lipinski definition) is 6. The summed E-state index contributed by atoms with van der Waals surface area (Å²) >= 11 is 1.30. The van der Waals surface area contributed by atoms with Crippen LogP contribution in [-0.2, 0) is 4.79 Å². The van der Waals surface area contributed by atoms with Gasteiger partial charge in [-0.25, -0.2) is 4.99 Å². The minimum Gasteiger partial charge on any atom is -0.465 e. The number of fused-ring (bicyclic) bond motifs is 1. The van der Waals surface area contributed by atoms with Crippen LogP contribution in [0.1, 0.15) is 31.2 Å². The molecular formula is C22H21N3O3S. The number of hydrogen-bond donors (Lipinski definition) is 0. The van der Waals surface area contributed by atoms with Gasteiger partial charge in [-0.05, 0) is 43.7 Å². The smallest absolute Gasteiger partial charge is 0.271 e. The number of rotatable bonds is 4. The van der Waals surface area contributed by atoms with Crippen LogP contribution < -0.4 is 19.8 Å². The molecule has 1 aromatic carbocycles. The van der Waals surface area contributed by atoms with Gasteiger partial charge in [-0.1, -0.05) is 23.5 Å². The molecule has 3 heterocycles. The average molecular weight is 407 g/mol. The van der Waals surface area contributed by atoms with Crippen molar-refractivity contribution in [3.8, 4) is 0 Å². The van der Waals surface area contributed by atoms with Crippen LogP contribution in [0.15, 0.2) is 68.1 Å². The molecule has 4 rings (SSSR count). The van der Waals surface area contributed by atoms with Gasteiger partial charge in [-0.3, -0.25) is 14.2 Å². The van der Waals surface area contributed by atoms with Crippen molar-refractivity contribution in [2.24, 2.45) is 4.99 Å². The van der Waals surface area contributed by atoms with Gasteiger partial charge in [0.1, 0.15) is 5.76 Å². The van der Waals surface area contributed by atoms with Crippen molar-refractivity contribution in [1.82, 2.24) is 4.57 Å². The molecule has 1 aliphatic heterocycles. The molecule has 7 heteroatoms. The number of nitrogens with zero attached hydrogens (tertiary/aromatic N) is 3. The molecule has 1 aliphatic rings. The third-order valence-electron chi connectivity index (χ3n) is 4.94. The van der Waals surface area contributed by atoms with E-state index in [4.69, 9.17) is 4.42 Å². The highest BCUT2D eigenvalue weighted by Crippen LogP contribution is 2.31. The molecule has 3 aromatic rings. The number of benzene rings is 1. The monoisotopic (exact) mass is 407 g/mol. The minimum absolute atomic E-state index is 0.0896. The summed E-state index contributed by atoms with van der Waals surface area (Å²) < 4.78 is 7.49. The summed E-state index contributed by atoms with van der Waals surface area (Å²) in [4.78, 5) is 32.9. The van der Waals surface area contributed by atoms with Crippen molar-refractivity contribution in [1.29, 1.82) is 0 Å². The van der Waals surface area contributed by atoms with Gasteiger partial charge < -0.3 is 9.32 Å². The van der Waals surface area contributed by atoms with E-state index in [1.807, 2.05) is 50.2 Å². The molecule has 0 aliphatic carbocycles. The van der Waals surface area contributed by atoms with Crippen LogP contribution in [0, 0.1) is 0 Å². The molecule has 0 bridgehead atoms. The second kappa shape index (κ2) is 7.33. The Bertz CT molecular complexity index is 1280. The number of furan rings is 1. The van der Waals surface area contributed by atoms with Gasteiger partial charge in [0.15, 0.2) is 10.6 Å². The van der Waals surface area contributed by atoms with Crippen LogP contribution in [0.2, 0.25) is 0 Å². The van der Waals surface area contributed by atoms with E-state index in [1.54, 1.807) is 29.0 Å². The van der Waals surface area contributed by atoms with E-state index in [0.717, 1.165) is 11.3 Å². The third-order valence-corrected chi connectivity index (χ3v) is 5.93. The lowest BCUT2D eigenvalue weighted by Crippen LogP contribution is -2.39. The molecular weight excluding hydrogens is 386 g/mol. The lowest BCUT2D eigenvalue weighted by Gasteiger charge is -2.25. The Morgan fingerprint density at radius 1 is 1.24 bits per heavy atom. The summed E-state index contributed by atoms with van der Waals surface area (Å²) in [7, 11) is 3.94. The number of carbonyl (C=O) groups is 1. The molecule has 0 saturated carbocycles. The van der Waals surface area contributed by atoms with Gasteiger partial charge in [0.2, 0.25) is 0 Å². The lowest BCUT2D eigenvalue weighted by molar-refractivity contribution is -0.114. The third kappa shape index (κ3) is 3.38. The summed E-state index contributed by atoms with van der Waals surface area (Å²) in [6.45, 7) is 3.34. The van der Waals surface area contributed by atoms with Gasteiger partial charge in [-0.2, -0.15) is 0 Å². The van der Waals surface area contributed by atoms with Crippen LogP contribution in [0.3, 0.4) is 0 Å². The van der Waals surface area contributed by atoms with Crippen LogP contribution in [0.4, 0.5) is 5.69 Å². The molecule has 1 atom stereocenters. The van der Waals surface area contributed by atoms with E-state index in [-0.39, 0.29) is 11.3 Å². The van der Waals surface area contributed by atoms with Gasteiger partial charge in [0, 0.05) is 37.1 Å². The highest BCUT2D eigenvalue weighted by Gasteiger charge is 2.30. The summed E-state index contributed by atoms with van der Waals surface area (Å²) in [6, 6.07) is 11.0. The second-order valence-electron chi connectivity index (χ2n) is 7.14. The topological polar surface area (TPSA) is 67.8 Å². The molecule has 0 spiro atoms. The van der Waals surface area contributed by atoms with Gasteiger partial charge in [-0.15, -0.1) is 0 Å². The van der Waals surface area contributed by atoms with E-state index in [2.05, 4.69) is 4.99 Å². The molecule has 2 aromatic heterocycles. The van der Waals surface area contributed by atoms with Crippen LogP contribution in [0.5, 0.6) is 0 Å². The first-order chi connectivity index (χ1) is 13.9. The first-order valence-corrected chi connectivity index (χ1v) is 10.0. The minimum atomic E-state index is -0.501. The summed E-state index contributed by atoms with van der Waals surface area (Å²) in [5.41, 5.74) is 2.92. The van der Waals surface area contributed by atoms with E-state index >= 15 is 0 Å². The lowest BCUT2D eigenvalue weighted by atomic mass is 9.93. The van der Waals surface area contributed by atoms with Crippen LogP contribution in [0.25, 0.3) is 6.08 Å². The highest BCUT2D eigenvalue weighted by molar-refractivity contribution is 7.07. The van der Waals surface area contributed by atoms with Gasteiger partial charge in [0.05, 0.1) is 16.8 Å². The molecule has 0 fully saturated rings. The van der Waals surface area contributed by atoms with E-state index < -0.39 is 6.04 Å². The van der Waals surface area contributed by atoms with Crippen molar-refractivity contribution >= 4 is 28.9 Å². The molecule has 0 radical (unpaired) electrons. The SMILES string of the molecule is CC(=O)C1=C(C)N=c2s/c(=C/c3ccco3)c(=O)n2[C@@H]1c1ccc(N(C)C)cc1. The Morgan fingerprint density at radius 2 is 1.97 bits per heavy atom. The van der Waals surface area contributed by atoms with Crippen molar-refractivity contribution in [2.45, 2.75) is 19.9 Å². The largest absolute Gasteiger partial charge is 0.465 e. The summed E-state index contributed by atoms with van der Waals surface area (Å²) in [6.07, 6.45) is 3.28. The number of carbonyl (C=O) groups excluding carboxylic acids is 1. The van der Waals surface area contributed by atoms with Crippen molar-refractivity contribution in [3.05, 3.63) is 84.9 Å². The number of Topliss-reactive ketones (excluding diaryl/α,β-unsaturated/α-hetero) is 1. The molecule has 0 unspecified atom stereocenters. The number of aromatic nitrogens is 1. The molecule has 148 valence electrons. The van der Waals surface area contributed by atoms with Crippen molar-refractivity contribution in [2.75, 3.05) is 19.0 Å². The van der Waals surface area contributed by atoms with Crippen LogP contribution in [-0.4, -0.2) is 24.4 Å². The molecule has 6 nitrogen and oxygen atoms in total. The van der Waals surface area contributed by atoms with Crippen molar-refractivity contribution < 1.29 is 9.21 Å². The summed E-state index contributed by atoms with van der Waals surface area (Å²) in [5.74, 6) is 0.512. The zero-order chi connectivity index (χ0) is 20.7. The first-order valence-electron chi connectivity index (χ1n) is 9.21. The predicted molar refractivity (Wildman–Crippen MR) is 114 cm³/mol.